The SMILES string of the molecule is CCOC(=O)C1=C(C)NC(N)=N[C@H]1c1ccc(OCc2ccccc2)c(OCC)c1. The molecule has 0 unspecified atom stereocenters. The van der Waals surface area contributed by atoms with E-state index in [-0.39, 0.29) is 12.6 Å². The normalized spacial score (nSPS) is 15.8. The van der Waals surface area contributed by atoms with Gasteiger partial charge in [0.25, 0.3) is 0 Å². The van der Waals surface area contributed by atoms with E-state index in [0.29, 0.717) is 36.0 Å². The van der Waals surface area contributed by atoms with Gasteiger partial charge >= 0.3 is 5.97 Å². The fraction of sp³-hybridized carbons (Fsp3) is 0.304. The summed E-state index contributed by atoms with van der Waals surface area (Å²) in [5.74, 6) is 1.02. The van der Waals surface area contributed by atoms with Crippen molar-refractivity contribution in [3.63, 3.8) is 0 Å². The quantitative estimate of drug-likeness (QED) is 0.649. The standard InChI is InChI=1S/C23H27N3O4/c1-4-28-19-13-17(11-12-18(19)30-14-16-9-7-6-8-10-16)21-20(22(27)29-5-2)15(3)25-23(24)26-21/h6-13,21H,4-5,14H2,1-3H3,(H3,24,25,26)/t21-/m0/s1. The summed E-state index contributed by atoms with van der Waals surface area (Å²) < 4.78 is 17.0. The second-order valence-corrected chi connectivity index (χ2v) is 6.71. The summed E-state index contributed by atoms with van der Waals surface area (Å²) in [6.07, 6.45) is 0. The minimum atomic E-state index is -0.590. The van der Waals surface area contributed by atoms with Gasteiger partial charge in [0.05, 0.1) is 18.8 Å². The summed E-state index contributed by atoms with van der Waals surface area (Å²) in [6.45, 7) is 6.62. The Kier molecular flexibility index (Phi) is 6.95. The van der Waals surface area contributed by atoms with Crippen molar-refractivity contribution in [2.45, 2.75) is 33.4 Å². The summed E-state index contributed by atoms with van der Waals surface area (Å²) in [7, 11) is 0. The Morgan fingerprint density at radius 2 is 1.83 bits per heavy atom. The van der Waals surface area contributed by atoms with Crippen molar-refractivity contribution in [2.75, 3.05) is 13.2 Å². The van der Waals surface area contributed by atoms with Gasteiger partial charge in [-0.05, 0) is 44.0 Å². The summed E-state index contributed by atoms with van der Waals surface area (Å²) in [4.78, 5) is 17.0. The number of nitrogens with zero attached hydrogens (tertiary/aromatic N) is 1. The van der Waals surface area contributed by atoms with Crippen LogP contribution in [0.2, 0.25) is 0 Å². The largest absolute Gasteiger partial charge is 0.490 e. The van der Waals surface area contributed by atoms with E-state index in [9.17, 15) is 4.79 Å². The second-order valence-electron chi connectivity index (χ2n) is 6.71. The first-order valence-electron chi connectivity index (χ1n) is 9.95. The van der Waals surface area contributed by atoms with Crippen LogP contribution in [0.4, 0.5) is 0 Å². The second kappa shape index (κ2) is 9.82. The number of nitrogens with two attached hydrogens (primary N) is 1. The highest BCUT2D eigenvalue weighted by Crippen LogP contribution is 2.37. The molecule has 3 N–H and O–H groups in total. The van der Waals surface area contributed by atoms with Crippen molar-refractivity contribution in [3.05, 3.63) is 70.9 Å². The predicted octanol–water partition coefficient (Wildman–Crippen LogP) is 3.46. The molecule has 0 saturated heterocycles. The smallest absolute Gasteiger partial charge is 0.338 e. The van der Waals surface area contributed by atoms with Gasteiger partial charge in [-0.25, -0.2) is 9.79 Å². The van der Waals surface area contributed by atoms with E-state index in [2.05, 4.69) is 10.3 Å². The van der Waals surface area contributed by atoms with Crippen LogP contribution < -0.4 is 20.5 Å². The third-order valence-electron chi connectivity index (χ3n) is 4.58. The Morgan fingerprint density at radius 3 is 2.53 bits per heavy atom. The van der Waals surface area contributed by atoms with Gasteiger partial charge in [-0.1, -0.05) is 36.4 Å². The molecule has 0 aromatic heterocycles. The average molecular weight is 409 g/mol. The zero-order valence-corrected chi connectivity index (χ0v) is 17.5. The molecule has 0 amide bonds. The molecule has 0 radical (unpaired) electrons. The minimum absolute atomic E-state index is 0.243. The molecule has 1 aliphatic heterocycles. The Bertz CT molecular complexity index is 954. The van der Waals surface area contributed by atoms with E-state index in [1.165, 1.54) is 0 Å². The van der Waals surface area contributed by atoms with Gasteiger partial charge < -0.3 is 25.3 Å². The maximum atomic E-state index is 12.5. The van der Waals surface area contributed by atoms with Crippen LogP contribution in [0.1, 0.15) is 37.9 Å². The number of ether oxygens (including phenoxy) is 3. The fourth-order valence-corrected chi connectivity index (χ4v) is 3.23. The topological polar surface area (TPSA) is 95.2 Å². The molecule has 1 aliphatic rings. The van der Waals surface area contributed by atoms with Crippen LogP contribution in [-0.2, 0) is 16.1 Å². The zero-order chi connectivity index (χ0) is 21.5. The highest BCUT2D eigenvalue weighted by Gasteiger charge is 2.30. The highest BCUT2D eigenvalue weighted by atomic mass is 16.5. The number of nitrogens with one attached hydrogen (secondary N) is 1. The van der Waals surface area contributed by atoms with Gasteiger partial charge in [0, 0.05) is 5.70 Å². The number of guanidine groups is 1. The summed E-state index contributed by atoms with van der Waals surface area (Å²) in [6, 6.07) is 14.8. The van der Waals surface area contributed by atoms with E-state index >= 15 is 0 Å². The van der Waals surface area contributed by atoms with Crippen molar-refractivity contribution in [3.8, 4) is 11.5 Å². The van der Waals surface area contributed by atoms with Crippen molar-refractivity contribution < 1.29 is 19.0 Å². The van der Waals surface area contributed by atoms with E-state index in [0.717, 1.165) is 11.1 Å². The number of hydrogen-bond donors (Lipinski definition) is 2. The molecule has 0 spiro atoms. The number of carbonyl (C=O) groups is 1. The Morgan fingerprint density at radius 1 is 1.07 bits per heavy atom. The van der Waals surface area contributed by atoms with Gasteiger partial charge in [0.2, 0.25) is 0 Å². The monoisotopic (exact) mass is 409 g/mol. The molecule has 2 aromatic rings. The van der Waals surface area contributed by atoms with Crippen LogP contribution in [0.5, 0.6) is 11.5 Å². The first-order chi connectivity index (χ1) is 14.5. The molecule has 0 saturated carbocycles. The first-order valence-corrected chi connectivity index (χ1v) is 9.95. The number of esters is 1. The molecular formula is C23H27N3O4. The lowest BCUT2D eigenvalue weighted by atomic mass is 9.96. The van der Waals surface area contributed by atoms with Gasteiger partial charge in [-0.2, -0.15) is 0 Å². The minimum Gasteiger partial charge on any atom is -0.490 e. The highest BCUT2D eigenvalue weighted by molar-refractivity contribution is 5.95. The molecule has 0 bridgehead atoms. The van der Waals surface area contributed by atoms with Crippen LogP contribution in [0.25, 0.3) is 0 Å². The van der Waals surface area contributed by atoms with E-state index in [1.54, 1.807) is 13.8 Å². The molecule has 3 rings (SSSR count). The van der Waals surface area contributed by atoms with Gasteiger partial charge in [-0.15, -0.1) is 0 Å². The van der Waals surface area contributed by atoms with Gasteiger partial charge in [0.15, 0.2) is 17.5 Å². The van der Waals surface area contributed by atoms with E-state index in [1.807, 2.05) is 55.5 Å². The fourth-order valence-electron chi connectivity index (χ4n) is 3.23. The number of rotatable bonds is 8. The Hall–Kier alpha value is -3.48. The summed E-state index contributed by atoms with van der Waals surface area (Å²) in [5.41, 5.74) is 8.79. The first kappa shape index (κ1) is 21.2. The lowest BCUT2D eigenvalue weighted by Gasteiger charge is -2.25. The van der Waals surface area contributed by atoms with Crippen molar-refractivity contribution in [1.29, 1.82) is 0 Å². The van der Waals surface area contributed by atoms with Crippen LogP contribution in [0.15, 0.2) is 64.8 Å². The predicted molar refractivity (Wildman–Crippen MR) is 115 cm³/mol. The molecule has 2 aromatic carbocycles. The number of allylic oxidation sites excluding steroid dienone is 1. The molecule has 1 heterocycles. The Balaban J connectivity index is 1.91. The number of aliphatic imine (C=N–C) groups is 1. The molecule has 158 valence electrons. The number of benzene rings is 2. The van der Waals surface area contributed by atoms with E-state index in [4.69, 9.17) is 19.9 Å². The maximum Gasteiger partial charge on any atom is 0.338 e. The molecule has 0 aliphatic carbocycles. The maximum absolute atomic E-state index is 12.5. The third-order valence-corrected chi connectivity index (χ3v) is 4.58. The van der Waals surface area contributed by atoms with Crippen molar-refractivity contribution in [1.82, 2.24) is 5.32 Å². The zero-order valence-electron chi connectivity index (χ0n) is 17.5. The molecule has 30 heavy (non-hydrogen) atoms. The van der Waals surface area contributed by atoms with Gasteiger partial charge in [-0.3, -0.25) is 0 Å². The van der Waals surface area contributed by atoms with Crippen LogP contribution in [0, 0.1) is 0 Å². The van der Waals surface area contributed by atoms with Crippen LogP contribution in [-0.4, -0.2) is 25.1 Å². The lowest BCUT2D eigenvalue weighted by molar-refractivity contribution is -0.138. The average Bonchev–Trinajstić information content (AvgIpc) is 2.73. The summed E-state index contributed by atoms with van der Waals surface area (Å²) in [5, 5.41) is 2.91. The van der Waals surface area contributed by atoms with Crippen LogP contribution >= 0.6 is 0 Å². The Labute approximate surface area is 176 Å². The molecule has 1 atom stereocenters. The van der Waals surface area contributed by atoms with Crippen molar-refractivity contribution in [2.24, 2.45) is 10.7 Å². The molecular weight excluding hydrogens is 382 g/mol. The molecule has 0 fully saturated rings. The van der Waals surface area contributed by atoms with Crippen LogP contribution in [0.3, 0.4) is 0 Å². The number of hydrogen-bond acceptors (Lipinski definition) is 7. The lowest BCUT2D eigenvalue weighted by Crippen LogP contribution is -2.37. The molecule has 7 nitrogen and oxygen atoms in total. The van der Waals surface area contributed by atoms with Gasteiger partial charge in [0.1, 0.15) is 12.6 Å². The molecule has 7 heteroatoms. The summed E-state index contributed by atoms with van der Waals surface area (Å²) >= 11 is 0. The third kappa shape index (κ3) is 4.92. The number of carbonyl (C=O) groups excluding carboxylic acids is 1. The van der Waals surface area contributed by atoms with Crippen molar-refractivity contribution >= 4 is 11.9 Å². The van der Waals surface area contributed by atoms with E-state index < -0.39 is 12.0 Å².